The molecule has 2 rings (SSSR count). The molecule has 0 spiro atoms. The van der Waals surface area contributed by atoms with Gasteiger partial charge in [-0.25, -0.2) is 13.1 Å². The van der Waals surface area contributed by atoms with Gasteiger partial charge in [-0.15, -0.1) is 0 Å². The van der Waals surface area contributed by atoms with Crippen LogP contribution in [-0.2, 0) is 14.8 Å². The standard InChI is InChI=1S/C12H19N3O3S/c1-2-14-10-6-12(9-13-7-10)19(16,17)15-8-11-4-3-5-18-11/h6-7,9,11,14-15H,2-5,8H2,1H3. The minimum Gasteiger partial charge on any atom is -0.384 e. The van der Waals surface area contributed by atoms with Crippen molar-refractivity contribution in [3.05, 3.63) is 18.5 Å². The van der Waals surface area contributed by atoms with Crippen molar-refractivity contribution in [2.75, 3.05) is 25.0 Å². The van der Waals surface area contributed by atoms with E-state index in [4.69, 9.17) is 4.74 Å². The number of rotatable bonds is 6. The average Bonchev–Trinajstić information content (AvgIpc) is 2.90. The fraction of sp³-hybridized carbons (Fsp3) is 0.583. The molecule has 6 nitrogen and oxygen atoms in total. The Morgan fingerprint density at radius 1 is 1.47 bits per heavy atom. The van der Waals surface area contributed by atoms with Gasteiger partial charge in [0.2, 0.25) is 10.0 Å². The van der Waals surface area contributed by atoms with Crippen LogP contribution in [0.25, 0.3) is 0 Å². The van der Waals surface area contributed by atoms with Crippen LogP contribution in [0.15, 0.2) is 23.4 Å². The van der Waals surface area contributed by atoms with E-state index in [1.165, 1.54) is 6.20 Å². The number of sulfonamides is 1. The Kier molecular flexibility index (Phi) is 4.73. The van der Waals surface area contributed by atoms with Crippen LogP contribution in [0.4, 0.5) is 5.69 Å². The molecule has 2 N–H and O–H groups in total. The predicted octanol–water partition coefficient (Wildman–Crippen LogP) is 0.971. The fourth-order valence-electron chi connectivity index (χ4n) is 1.96. The van der Waals surface area contributed by atoms with Gasteiger partial charge in [-0.3, -0.25) is 4.98 Å². The first-order valence-electron chi connectivity index (χ1n) is 6.42. The lowest BCUT2D eigenvalue weighted by Crippen LogP contribution is -2.31. The molecule has 0 aliphatic carbocycles. The zero-order chi connectivity index (χ0) is 13.7. The number of hydrogen-bond acceptors (Lipinski definition) is 5. The lowest BCUT2D eigenvalue weighted by Gasteiger charge is -2.12. The van der Waals surface area contributed by atoms with Gasteiger partial charge in [-0.05, 0) is 25.8 Å². The number of aromatic nitrogens is 1. The maximum atomic E-state index is 12.1. The summed E-state index contributed by atoms with van der Waals surface area (Å²) >= 11 is 0. The summed E-state index contributed by atoms with van der Waals surface area (Å²) in [4.78, 5) is 4.11. The maximum absolute atomic E-state index is 12.1. The largest absolute Gasteiger partial charge is 0.384 e. The van der Waals surface area contributed by atoms with Gasteiger partial charge in [0.05, 0.1) is 18.0 Å². The van der Waals surface area contributed by atoms with Crippen molar-refractivity contribution in [2.45, 2.75) is 30.8 Å². The van der Waals surface area contributed by atoms with Gasteiger partial charge in [0.15, 0.2) is 0 Å². The Morgan fingerprint density at radius 3 is 3.00 bits per heavy atom. The summed E-state index contributed by atoms with van der Waals surface area (Å²) in [7, 11) is -3.52. The zero-order valence-electron chi connectivity index (χ0n) is 10.9. The monoisotopic (exact) mass is 285 g/mol. The van der Waals surface area contributed by atoms with Gasteiger partial charge in [-0.2, -0.15) is 0 Å². The second-order valence-corrected chi connectivity index (χ2v) is 6.19. The van der Waals surface area contributed by atoms with Crippen LogP contribution in [0.2, 0.25) is 0 Å². The summed E-state index contributed by atoms with van der Waals surface area (Å²) in [6.07, 6.45) is 4.82. The average molecular weight is 285 g/mol. The molecule has 1 atom stereocenters. The molecule has 0 aromatic carbocycles. The molecule has 1 unspecified atom stereocenters. The van der Waals surface area contributed by atoms with Gasteiger partial charge >= 0.3 is 0 Å². The first-order valence-corrected chi connectivity index (χ1v) is 7.90. The molecule has 2 heterocycles. The number of hydrogen-bond donors (Lipinski definition) is 2. The summed E-state index contributed by atoms with van der Waals surface area (Å²) in [6.45, 7) is 3.68. The van der Waals surface area contributed by atoms with Crippen LogP contribution < -0.4 is 10.0 Å². The first kappa shape index (κ1) is 14.2. The third-order valence-electron chi connectivity index (χ3n) is 2.93. The molecule has 1 aromatic heterocycles. The lowest BCUT2D eigenvalue weighted by atomic mass is 10.2. The van der Waals surface area contributed by atoms with Crippen molar-refractivity contribution >= 4 is 15.7 Å². The number of nitrogens with one attached hydrogen (secondary N) is 2. The molecule has 1 saturated heterocycles. The van der Waals surface area contributed by atoms with Crippen molar-refractivity contribution in [1.82, 2.24) is 9.71 Å². The zero-order valence-corrected chi connectivity index (χ0v) is 11.7. The Bertz CT molecular complexity index is 513. The molecule has 0 radical (unpaired) electrons. The van der Waals surface area contributed by atoms with Crippen LogP contribution in [0.5, 0.6) is 0 Å². The first-order chi connectivity index (χ1) is 9.12. The molecule has 1 fully saturated rings. The fourth-order valence-corrected chi connectivity index (χ4v) is 3.01. The normalized spacial score (nSPS) is 19.5. The van der Waals surface area contributed by atoms with Crippen molar-refractivity contribution in [2.24, 2.45) is 0 Å². The minimum absolute atomic E-state index is 0.0142. The molecular formula is C12H19N3O3S. The summed E-state index contributed by atoms with van der Waals surface area (Å²) in [5.41, 5.74) is 0.697. The van der Waals surface area contributed by atoms with Crippen molar-refractivity contribution in [3.8, 4) is 0 Å². The van der Waals surface area contributed by atoms with E-state index in [0.29, 0.717) is 25.4 Å². The highest BCUT2D eigenvalue weighted by molar-refractivity contribution is 7.89. The van der Waals surface area contributed by atoms with E-state index in [1.54, 1.807) is 12.3 Å². The second kappa shape index (κ2) is 6.31. The van der Waals surface area contributed by atoms with Gasteiger partial charge < -0.3 is 10.1 Å². The molecule has 0 saturated carbocycles. The molecule has 1 aromatic rings. The Hall–Kier alpha value is -1.18. The van der Waals surface area contributed by atoms with E-state index in [2.05, 4.69) is 15.0 Å². The third kappa shape index (κ3) is 3.89. The van der Waals surface area contributed by atoms with Gasteiger partial charge in [0.1, 0.15) is 4.90 Å². The topological polar surface area (TPSA) is 80.3 Å². The highest BCUT2D eigenvalue weighted by Gasteiger charge is 2.20. The molecule has 19 heavy (non-hydrogen) atoms. The highest BCUT2D eigenvalue weighted by Crippen LogP contribution is 2.15. The minimum atomic E-state index is -3.52. The Balaban J connectivity index is 2.03. The van der Waals surface area contributed by atoms with E-state index >= 15 is 0 Å². The molecular weight excluding hydrogens is 266 g/mol. The molecule has 7 heteroatoms. The van der Waals surface area contributed by atoms with E-state index in [1.807, 2.05) is 6.92 Å². The van der Waals surface area contributed by atoms with E-state index in [-0.39, 0.29) is 11.0 Å². The predicted molar refractivity (Wildman–Crippen MR) is 72.6 cm³/mol. The lowest BCUT2D eigenvalue weighted by molar-refractivity contribution is 0.114. The molecule has 0 bridgehead atoms. The summed E-state index contributed by atoms with van der Waals surface area (Å²) < 4.78 is 32.2. The van der Waals surface area contributed by atoms with Crippen LogP contribution in [0, 0.1) is 0 Å². The maximum Gasteiger partial charge on any atom is 0.242 e. The van der Waals surface area contributed by atoms with Crippen LogP contribution >= 0.6 is 0 Å². The summed E-state index contributed by atoms with van der Waals surface area (Å²) in [5.74, 6) is 0. The summed E-state index contributed by atoms with van der Waals surface area (Å²) in [5, 5.41) is 3.04. The van der Waals surface area contributed by atoms with Crippen LogP contribution in [0.3, 0.4) is 0 Å². The smallest absolute Gasteiger partial charge is 0.242 e. The molecule has 0 amide bonds. The van der Waals surface area contributed by atoms with Crippen LogP contribution in [0.1, 0.15) is 19.8 Å². The van der Waals surface area contributed by atoms with Crippen LogP contribution in [-0.4, -0.2) is 39.2 Å². The second-order valence-electron chi connectivity index (χ2n) is 4.43. The third-order valence-corrected chi connectivity index (χ3v) is 4.32. The Labute approximate surface area is 113 Å². The number of pyridine rings is 1. The molecule has 106 valence electrons. The van der Waals surface area contributed by atoms with Crippen molar-refractivity contribution in [3.63, 3.8) is 0 Å². The Morgan fingerprint density at radius 2 is 2.32 bits per heavy atom. The number of nitrogens with zero attached hydrogens (tertiary/aromatic N) is 1. The van der Waals surface area contributed by atoms with E-state index in [0.717, 1.165) is 12.8 Å². The SMILES string of the molecule is CCNc1cncc(S(=O)(=O)NCC2CCCO2)c1. The van der Waals surface area contributed by atoms with Gasteiger partial charge in [-0.1, -0.05) is 0 Å². The number of anilines is 1. The van der Waals surface area contributed by atoms with Gasteiger partial charge in [0.25, 0.3) is 0 Å². The highest BCUT2D eigenvalue weighted by atomic mass is 32.2. The number of ether oxygens (including phenoxy) is 1. The molecule has 1 aliphatic heterocycles. The van der Waals surface area contributed by atoms with Crippen molar-refractivity contribution < 1.29 is 13.2 Å². The van der Waals surface area contributed by atoms with Gasteiger partial charge in [0, 0.05) is 25.9 Å². The quantitative estimate of drug-likeness (QED) is 0.814. The van der Waals surface area contributed by atoms with E-state index in [9.17, 15) is 8.42 Å². The van der Waals surface area contributed by atoms with Crippen molar-refractivity contribution in [1.29, 1.82) is 0 Å². The molecule has 1 aliphatic rings. The summed E-state index contributed by atoms with van der Waals surface area (Å²) in [6, 6.07) is 1.58. The van der Waals surface area contributed by atoms with E-state index < -0.39 is 10.0 Å².